The van der Waals surface area contributed by atoms with Gasteiger partial charge in [-0.05, 0) is 47.9 Å². The van der Waals surface area contributed by atoms with Crippen LogP contribution in [0.25, 0.3) is 5.57 Å². The summed E-state index contributed by atoms with van der Waals surface area (Å²) in [6.45, 7) is 4.23. The summed E-state index contributed by atoms with van der Waals surface area (Å²) in [7, 11) is 0. The van der Waals surface area contributed by atoms with Gasteiger partial charge in [0.1, 0.15) is 0 Å². The molecule has 0 saturated heterocycles. The largest absolute Gasteiger partial charge is 0.403 e. The van der Waals surface area contributed by atoms with Gasteiger partial charge in [0.15, 0.2) is 0 Å². The first-order chi connectivity index (χ1) is 9.17. The molecule has 19 heavy (non-hydrogen) atoms. The van der Waals surface area contributed by atoms with Gasteiger partial charge in [-0.25, -0.2) is 0 Å². The molecule has 0 radical (unpaired) electrons. The van der Waals surface area contributed by atoms with E-state index in [-0.39, 0.29) is 0 Å². The predicted molar refractivity (Wildman–Crippen MR) is 86.0 cm³/mol. The van der Waals surface area contributed by atoms with Crippen LogP contribution in [0.15, 0.2) is 36.7 Å². The van der Waals surface area contributed by atoms with Gasteiger partial charge in [0.05, 0.1) is 5.49 Å². The average molecular weight is 293 g/mol. The highest BCUT2D eigenvalue weighted by Crippen LogP contribution is 2.40. The number of aryl methyl sites for hydroxylation is 1. The maximum Gasteiger partial charge on any atom is 0.0656 e. The molecule has 1 unspecified atom stereocenters. The Morgan fingerprint density at radius 2 is 2.37 bits per heavy atom. The lowest BCUT2D eigenvalue weighted by Gasteiger charge is -2.28. The van der Waals surface area contributed by atoms with Crippen LogP contribution in [-0.4, -0.2) is 5.49 Å². The molecule has 1 aliphatic carbocycles. The molecule has 3 N–H and O–H groups in total. The monoisotopic (exact) mass is 292 g/mol. The molecular formula is C15H17ClN2S. The van der Waals surface area contributed by atoms with Crippen molar-refractivity contribution in [2.75, 3.05) is 0 Å². The normalized spacial score (nSPS) is 18.9. The molecule has 0 aliphatic heterocycles. The molecular weight excluding hydrogens is 276 g/mol. The molecule has 1 aromatic rings. The van der Waals surface area contributed by atoms with Gasteiger partial charge in [0.2, 0.25) is 0 Å². The Bertz CT molecular complexity index is 537. The standard InChI is InChI=1S/C15H17ClN2S/c1-10-12(7-13(8-17)18-9-19)6-5-11-3-2-4-14(16)15(10)11/h2-4,8-9,12H,1,5-7,17H2,(H,18,19)/b13-8-. The van der Waals surface area contributed by atoms with Crippen molar-refractivity contribution in [3.63, 3.8) is 0 Å². The topological polar surface area (TPSA) is 38.0 Å². The number of halogens is 1. The van der Waals surface area contributed by atoms with Gasteiger partial charge in [0, 0.05) is 16.9 Å². The smallest absolute Gasteiger partial charge is 0.0656 e. The molecule has 1 aliphatic rings. The second-order valence-corrected chi connectivity index (χ2v) is 5.34. The highest BCUT2D eigenvalue weighted by atomic mass is 35.5. The molecule has 100 valence electrons. The molecule has 0 fully saturated rings. The van der Waals surface area contributed by atoms with E-state index in [1.54, 1.807) is 6.20 Å². The number of nitrogens with two attached hydrogens (primary N) is 1. The lowest BCUT2D eigenvalue weighted by Crippen LogP contribution is -2.19. The molecule has 0 heterocycles. The van der Waals surface area contributed by atoms with Crippen LogP contribution in [0, 0.1) is 5.92 Å². The van der Waals surface area contributed by atoms with E-state index in [9.17, 15) is 0 Å². The zero-order valence-electron chi connectivity index (χ0n) is 10.7. The molecule has 0 saturated carbocycles. The summed E-state index contributed by atoms with van der Waals surface area (Å²) in [6.07, 6.45) is 4.46. The zero-order chi connectivity index (χ0) is 13.8. The third kappa shape index (κ3) is 2.99. The molecule has 1 atom stereocenters. The lowest BCUT2D eigenvalue weighted by molar-refractivity contribution is 0.576. The molecule has 2 rings (SSSR count). The third-order valence-electron chi connectivity index (χ3n) is 3.59. The van der Waals surface area contributed by atoms with Crippen LogP contribution in [0.3, 0.4) is 0 Å². The second-order valence-electron chi connectivity index (χ2n) is 4.69. The van der Waals surface area contributed by atoms with Crippen molar-refractivity contribution in [3.8, 4) is 0 Å². The van der Waals surface area contributed by atoms with Crippen molar-refractivity contribution < 1.29 is 0 Å². The van der Waals surface area contributed by atoms with Crippen molar-refractivity contribution in [1.29, 1.82) is 0 Å². The van der Waals surface area contributed by atoms with E-state index in [1.165, 1.54) is 11.1 Å². The van der Waals surface area contributed by atoms with Crippen LogP contribution in [0.1, 0.15) is 24.0 Å². The van der Waals surface area contributed by atoms with Gasteiger partial charge in [-0.15, -0.1) is 0 Å². The Morgan fingerprint density at radius 1 is 1.58 bits per heavy atom. The fraction of sp³-hybridized carbons (Fsp3) is 0.267. The first-order valence-corrected chi connectivity index (χ1v) is 7.09. The van der Waals surface area contributed by atoms with E-state index in [4.69, 9.17) is 29.6 Å². The first kappa shape index (κ1) is 14.1. The van der Waals surface area contributed by atoms with Crippen LogP contribution in [0.5, 0.6) is 0 Å². The van der Waals surface area contributed by atoms with Crippen LogP contribution >= 0.6 is 23.8 Å². The maximum atomic E-state index is 6.30. The van der Waals surface area contributed by atoms with Gasteiger partial charge in [-0.3, -0.25) is 0 Å². The number of rotatable bonds is 4. The average Bonchev–Trinajstić information content (AvgIpc) is 2.41. The Morgan fingerprint density at radius 3 is 3.05 bits per heavy atom. The van der Waals surface area contributed by atoms with Gasteiger partial charge in [0.25, 0.3) is 0 Å². The van der Waals surface area contributed by atoms with Crippen molar-refractivity contribution in [1.82, 2.24) is 5.32 Å². The number of thiocarbonyl (C=S) groups is 1. The number of benzene rings is 1. The van der Waals surface area contributed by atoms with Crippen molar-refractivity contribution in [3.05, 3.63) is 52.8 Å². The first-order valence-electron chi connectivity index (χ1n) is 6.25. The van der Waals surface area contributed by atoms with E-state index in [1.807, 2.05) is 12.1 Å². The molecule has 0 bridgehead atoms. The number of nitrogens with one attached hydrogen (secondary N) is 1. The van der Waals surface area contributed by atoms with Crippen LogP contribution in [0.2, 0.25) is 5.02 Å². The summed E-state index contributed by atoms with van der Waals surface area (Å²) in [6, 6.07) is 6.04. The lowest BCUT2D eigenvalue weighted by atomic mass is 9.78. The Balaban J connectivity index is 2.22. The summed E-state index contributed by atoms with van der Waals surface area (Å²) in [5.41, 5.74) is 11.5. The molecule has 2 nitrogen and oxygen atoms in total. The molecule has 4 heteroatoms. The number of fused-ring (bicyclic) bond motifs is 1. The minimum absolute atomic E-state index is 0.352. The van der Waals surface area contributed by atoms with E-state index < -0.39 is 0 Å². The molecule has 0 aromatic heterocycles. The van der Waals surface area contributed by atoms with E-state index >= 15 is 0 Å². The molecule has 1 aromatic carbocycles. The summed E-state index contributed by atoms with van der Waals surface area (Å²) < 4.78 is 0. The summed E-state index contributed by atoms with van der Waals surface area (Å²) in [5, 5.41) is 3.78. The zero-order valence-corrected chi connectivity index (χ0v) is 12.2. The Labute approximate surface area is 124 Å². The van der Waals surface area contributed by atoms with Gasteiger partial charge < -0.3 is 11.1 Å². The Hall–Kier alpha value is -1.32. The highest BCUT2D eigenvalue weighted by Gasteiger charge is 2.24. The number of allylic oxidation sites excluding steroid dienone is 2. The van der Waals surface area contributed by atoms with Crippen molar-refractivity contribution >= 4 is 34.9 Å². The Kier molecular flexibility index (Phi) is 4.61. The summed E-state index contributed by atoms with van der Waals surface area (Å²) >= 11 is 11.1. The highest BCUT2D eigenvalue weighted by molar-refractivity contribution is 7.78. The molecule has 0 spiro atoms. The van der Waals surface area contributed by atoms with E-state index in [0.29, 0.717) is 5.92 Å². The minimum Gasteiger partial charge on any atom is -0.403 e. The fourth-order valence-corrected chi connectivity index (χ4v) is 3.05. The van der Waals surface area contributed by atoms with Crippen molar-refractivity contribution in [2.45, 2.75) is 19.3 Å². The van der Waals surface area contributed by atoms with Crippen LogP contribution in [0.4, 0.5) is 0 Å². The summed E-state index contributed by atoms with van der Waals surface area (Å²) in [4.78, 5) is 0. The number of hydrogen-bond acceptors (Lipinski definition) is 2. The quantitative estimate of drug-likeness (QED) is 0.832. The van der Waals surface area contributed by atoms with Crippen LogP contribution in [-0.2, 0) is 6.42 Å². The third-order valence-corrected chi connectivity index (χ3v) is 4.02. The SMILES string of the molecule is C=C1c2c(Cl)cccc2CCC1C/C(=C/N)NC=S. The van der Waals surface area contributed by atoms with Gasteiger partial charge in [-0.2, -0.15) is 0 Å². The number of hydrogen-bond donors (Lipinski definition) is 2. The minimum atomic E-state index is 0.352. The van der Waals surface area contributed by atoms with E-state index in [0.717, 1.165) is 41.1 Å². The predicted octanol–water partition coefficient (Wildman–Crippen LogP) is 3.65. The van der Waals surface area contributed by atoms with Crippen LogP contribution < -0.4 is 11.1 Å². The fourth-order valence-electron chi connectivity index (χ4n) is 2.59. The maximum absolute atomic E-state index is 6.30. The second kappa shape index (κ2) is 6.22. The summed E-state index contributed by atoms with van der Waals surface area (Å²) in [5.74, 6) is 0.352. The molecule has 0 amide bonds. The van der Waals surface area contributed by atoms with Gasteiger partial charge in [-0.1, -0.05) is 42.5 Å². The van der Waals surface area contributed by atoms with Crippen molar-refractivity contribution in [2.24, 2.45) is 11.7 Å². The van der Waals surface area contributed by atoms with Gasteiger partial charge >= 0.3 is 0 Å². The van der Waals surface area contributed by atoms with E-state index in [2.05, 4.69) is 18.0 Å².